The molecule has 0 spiro atoms. The van der Waals surface area contributed by atoms with Crippen LogP contribution in [0, 0.1) is 0 Å². The lowest BCUT2D eigenvalue weighted by atomic mass is 9.91. The summed E-state index contributed by atoms with van der Waals surface area (Å²) < 4.78 is 10.3. The van der Waals surface area contributed by atoms with Crippen LogP contribution in [0.4, 0.5) is 0 Å². The van der Waals surface area contributed by atoms with Gasteiger partial charge in [-0.05, 0) is 13.0 Å². The van der Waals surface area contributed by atoms with E-state index in [2.05, 4.69) is 0 Å². The van der Waals surface area contributed by atoms with E-state index in [-0.39, 0.29) is 6.61 Å². The standard InChI is InChI=1S/C12H14O4/c1-2-15-12(14)11-8-5-3-4-6-10(8)16-7-9(11)13/h3-6,9,11,13H,2,7H2,1H3/t9-,11-/m0/s1. The second kappa shape index (κ2) is 4.53. The number of hydrogen-bond acceptors (Lipinski definition) is 4. The van der Waals surface area contributed by atoms with Crippen LogP contribution in [0.5, 0.6) is 5.75 Å². The number of aliphatic hydroxyl groups is 1. The molecule has 4 nitrogen and oxygen atoms in total. The van der Waals surface area contributed by atoms with E-state index < -0.39 is 18.0 Å². The molecule has 2 atom stereocenters. The van der Waals surface area contributed by atoms with Crippen LogP contribution in [0.3, 0.4) is 0 Å². The van der Waals surface area contributed by atoms with Gasteiger partial charge in [-0.3, -0.25) is 4.79 Å². The van der Waals surface area contributed by atoms with Gasteiger partial charge in [0.15, 0.2) is 0 Å². The van der Waals surface area contributed by atoms with E-state index in [0.717, 1.165) is 0 Å². The van der Waals surface area contributed by atoms with Gasteiger partial charge in [-0.25, -0.2) is 0 Å². The molecule has 0 bridgehead atoms. The van der Waals surface area contributed by atoms with Gasteiger partial charge in [-0.15, -0.1) is 0 Å². The molecule has 0 unspecified atom stereocenters. The molecule has 1 heterocycles. The van der Waals surface area contributed by atoms with Crippen LogP contribution in [0.25, 0.3) is 0 Å². The number of carbonyl (C=O) groups is 1. The minimum atomic E-state index is -0.839. The van der Waals surface area contributed by atoms with Crippen LogP contribution in [0.1, 0.15) is 18.4 Å². The Morgan fingerprint density at radius 1 is 1.56 bits per heavy atom. The highest BCUT2D eigenvalue weighted by molar-refractivity contribution is 5.80. The number of rotatable bonds is 2. The Labute approximate surface area is 93.8 Å². The molecular formula is C12H14O4. The van der Waals surface area contributed by atoms with E-state index in [1.165, 1.54) is 0 Å². The third-order valence-corrected chi connectivity index (χ3v) is 2.59. The summed E-state index contributed by atoms with van der Waals surface area (Å²) in [6.45, 7) is 2.18. The topological polar surface area (TPSA) is 55.8 Å². The predicted octanol–water partition coefficient (Wildman–Crippen LogP) is 1.09. The quantitative estimate of drug-likeness (QED) is 0.761. The maximum Gasteiger partial charge on any atom is 0.316 e. The van der Waals surface area contributed by atoms with E-state index in [9.17, 15) is 9.90 Å². The molecule has 4 heteroatoms. The van der Waals surface area contributed by atoms with Gasteiger partial charge < -0.3 is 14.6 Å². The zero-order valence-corrected chi connectivity index (χ0v) is 9.05. The smallest absolute Gasteiger partial charge is 0.316 e. The predicted molar refractivity (Wildman–Crippen MR) is 57.3 cm³/mol. The van der Waals surface area contributed by atoms with E-state index in [4.69, 9.17) is 9.47 Å². The SMILES string of the molecule is CCOC(=O)[C@H]1c2ccccc2OC[C@@H]1O. The number of benzene rings is 1. The molecule has 1 aromatic rings. The molecule has 0 radical (unpaired) electrons. The first-order chi connectivity index (χ1) is 7.74. The summed E-state index contributed by atoms with van der Waals surface area (Å²) in [5, 5.41) is 9.79. The van der Waals surface area contributed by atoms with Gasteiger partial charge in [-0.1, -0.05) is 18.2 Å². The average Bonchev–Trinajstić information content (AvgIpc) is 2.29. The summed E-state index contributed by atoms with van der Waals surface area (Å²) in [5.41, 5.74) is 0.694. The molecule has 0 saturated carbocycles. The minimum absolute atomic E-state index is 0.125. The molecule has 2 rings (SSSR count). The summed E-state index contributed by atoms with van der Waals surface area (Å²) in [4.78, 5) is 11.7. The van der Waals surface area contributed by atoms with Crippen molar-refractivity contribution in [1.29, 1.82) is 0 Å². The van der Waals surface area contributed by atoms with Crippen molar-refractivity contribution < 1.29 is 19.4 Å². The number of fused-ring (bicyclic) bond motifs is 1. The normalized spacial score (nSPS) is 23.1. The van der Waals surface area contributed by atoms with Gasteiger partial charge in [0.05, 0.1) is 6.61 Å². The van der Waals surface area contributed by atoms with Gasteiger partial charge in [0.25, 0.3) is 0 Å². The lowest BCUT2D eigenvalue weighted by Gasteiger charge is -2.28. The zero-order valence-electron chi connectivity index (χ0n) is 9.05. The van der Waals surface area contributed by atoms with Crippen molar-refractivity contribution in [3.8, 4) is 5.75 Å². The Hall–Kier alpha value is -1.55. The van der Waals surface area contributed by atoms with E-state index in [1.54, 1.807) is 19.1 Å². The molecule has 0 saturated heterocycles. The van der Waals surface area contributed by atoms with E-state index in [0.29, 0.717) is 17.9 Å². The first-order valence-corrected chi connectivity index (χ1v) is 5.30. The fraction of sp³-hybridized carbons (Fsp3) is 0.417. The largest absolute Gasteiger partial charge is 0.491 e. The van der Waals surface area contributed by atoms with Crippen LogP contribution in [-0.4, -0.2) is 30.4 Å². The molecule has 16 heavy (non-hydrogen) atoms. The van der Waals surface area contributed by atoms with Crippen LogP contribution in [-0.2, 0) is 9.53 Å². The molecule has 0 aromatic heterocycles. The summed E-state index contributed by atoms with van der Waals surface area (Å²) in [6, 6.07) is 7.21. The molecule has 1 N–H and O–H groups in total. The number of aliphatic hydroxyl groups excluding tert-OH is 1. The highest BCUT2D eigenvalue weighted by atomic mass is 16.5. The highest BCUT2D eigenvalue weighted by Gasteiger charge is 2.35. The molecule has 1 aliphatic heterocycles. The average molecular weight is 222 g/mol. The summed E-state index contributed by atoms with van der Waals surface area (Å²) >= 11 is 0. The number of esters is 1. The number of ether oxygens (including phenoxy) is 2. The van der Waals surface area contributed by atoms with Gasteiger partial charge >= 0.3 is 5.97 Å². The summed E-state index contributed by atoms with van der Waals surface area (Å²) in [5.74, 6) is -0.387. The fourth-order valence-electron chi connectivity index (χ4n) is 1.86. The summed E-state index contributed by atoms with van der Waals surface area (Å²) in [7, 11) is 0. The second-order valence-corrected chi connectivity index (χ2v) is 3.65. The molecule has 0 aliphatic carbocycles. The Morgan fingerprint density at radius 2 is 2.31 bits per heavy atom. The van der Waals surface area contributed by atoms with Crippen molar-refractivity contribution in [1.82, 2.24) is 0 Å². The monoisotopic (exact) mass is 222 g/mol. The van der Waals surface area contributed by atoms with E-state index in [1.807, 2.05) is 12.1 Å². The highest BCUT2D eigenvalue weighted by Crippen LogP contribution is 2.34. The molecular weight excluding hydrogens is 208 g/mol. The third kappa shape index (κ3) is 1.88. The first-order valence-electron chi connectivity index (χ1n) is 5.30. The minimum Gasteiger partial charge on any atom is -0.491 e. The Morgan fingerprint density at radius 3 is 3.06 bits per heavy atom. The van der Waals surface area contributed by atoms with Crippen LogP contribution in [0.2, 0.25) is 0 Å². The van der Waals surface area contributed by atoms with Crippen LogP contribution < -0.4 is 4.74 Å². The lowest BCUT2D eigenvalue weighted by Crippen LogP contribution is -2.36. The van der Waals surface area contributed by atoms with Gasteiger partial charge in [0.1, 0.15) is 24.4 Å². The molecule has 0 fully saturated rings. The Balaban J connectivity index is 2.33. The zero-order chi connectivity index (χ0) is 11.5. The maximum atomic E-state index is 11.7. The molecule has 1 aromatic carbocycles. The Kier molecular flexibility index (Phi) is 3.10. The number of para-hydroxylation sites is 1. The maximum absolute atomic E-state index is 11.7. The lowest BCUT2D eigenvalue weighted by molar-refractivity contribution is -0.149. The van der Waals surface area contributed by atoms with Crippen molar-refractivity contribution >= 4 is 5.97 Å². The van der Waals surface area contributed by atoms with Crippen molar-refractivity contribution in [3.63, 3.8) is 0 Å². The van der Waals surface area contributed by atoms with E-state index >= 15 is 0 Å². The van der Waals surface area contributed by atoms with Crippen molar-refractivity contribution in [2.45, 2.75) is 18.9 Å². The summed E-state index contributed by atoms with van der Waals surface area (Å²) in [6.07, 6.45) is -0.839. The number of hydrogen-bond donors (Lipinski definition) is 1. The third-order valence-electron chi connectivity index (χ3n) is 2.59. The molecule has 86 valence electrons. The van der Waals surface area contributed by atoms with Gasteiger partial charge in [0, 0.05) is 5.56 Å². The van der Waals surface area contributed by atoms with Crippen LogP contribution in [0.15, 0.2) is 24.3 Å². The molecule has 0 amide bonds. The molecule has 1 aliphatic rings. The fourth-order valence-corrected chi connectivity index (χ4v) is 1.86. The first kappa shape index (κ1) is 11.0. The number of carbonyl (C=O) groups excluding carboxylic acids is 1. The second-order valence-electron chi connectivity index (χ2n) is 3.65. The van der Waals surface area contributed by atoms with Crippen molar-refractivity contribution in [3.05, 3.63) is 29.8 Å². The van der Waals surface area contributed by atoms with Crippen LogP contribution >= 0.6 is 0 Å². The van der Waals surface area contributed by atoms with Gasteiger partial charge in [-0.2, -0.15) is 0 Å². The Bertz CT molecular complexity index is 388. The van der Waals surface area contributed by atoms with Gasteiger partial charge in [0.2, 0.25) is 0 Å². The van der Waals surface area contributed by atoms with Crippen molar-refractivity contribution in [2.24, 2.45) is 0 Å². The van der Waals surface area contributed by atoms with Crippen molar-refractivity contribution in [2.75, 3.05) is 13.2 Å².